The molecule has 2 aromatic rings. The summed E-state index contributed by atoms with van der Waals surface area (Å²) in [7, 11) is 0. The number of carboxylic acids is 1. The second kappa shape index (κ2) is 7.62. The number of unbranched alkanes of at least 4 members (excludes halogenated alkanes) is 2. The lowest BCUT2D eigenvalue weighted by atomic mass is 10.0. The van der Waals surface area contributed by atoms with E-state index in [0.717, 1.165) is 36.9 Å². The van der Waals surface area contributed by atoms with Gasteiger partial charge in [-0.05, 0) is 42.3 Å². The Morgan fingerprint density at radius 2 is 1.96 bits per heavy atom. The molecule has 0 fully saturated rings. The van der Waals surface area contributed by atoms with E-state index < -0.39 is 11.9 Å². The highest BCUT2D eigenvalue weighted by atomic mass is 32.1. The van der Waals surface area contributed by atoms with Crippen molar-refractivity contribution >= 4 is 28.9 Å². The maximum absolute atomic E-state index is 12.5. The molecule has 0 radical (unpaired) electrons. The number of amides is 1. The standard InChI is InChI=1S/C19H21NO3S/c21-18(11-3-1-2-7-14-8-6-12-24-14)20-13-16(19(22)23)15-9-4-5-10-17(15)20/h4-6,8-10,12,16H,1-3,7,11,13H2,(H,22,23). The normalized spacial score (nSPS) is 16.2. The molecular formula is C19H21NO3S. The lowest BCUT2D eigenvalue weighted by Crippen LogP contribution is -2.31. The molecule has 0 saturated carbocycles. The van der Waals surface area contributed by atoms with Crippen molar-refractivity contribution in [3.63, 3.8) is 0 Å². The molecule has 5 heteroatoms. The van der Waals surface area contributed by atoms with Gasteiger partial charge in [0.15, 0.2) is 0 Å². The smallest absolute Gasteiger partial charge is 0.312 e. The van der Waals surface area contributed by atoms with Gasteiger partial charge in [-0.15, -0.1) is 11.3 Å². The SMILES string of the molecule is O=C(O)C1CN(C(=O)CCCCCc2cccs2)c2ccccc21. The second-order valence-corrected chi connectivity index (χ2v) is 7.13. The van der Waals surface area contributed by atoms with Crippen molar-refractivity contribution in [3.05, 3.63) is 52.2 Å². The number of nitrogens with zero attached hydrogens (tertiary/aromatic N) is 1. The Kier molecular flexibility index (Phi) is 5.30. The summed E-state index contributed by atoms with van der Waals surface area (Å²) in [6.07, 6.45) is 4.49. The number of thiophene rings is 1. The Morgan fingerprint density at radius 1 is 1.12 bits per heavy atom. The molecule has 24 heavy (non-hydrogen) atoms. The summed E-state index contributed by atoms with van der Waals surface area (Å²) in [6.45, 7) is 0.253. The third-order valence-corrected chi connectivity index (χ3v) is 5.40. The maximum atomic E-state index is 12.5. The van der Waals surface area contributed by atoms with Crippen molar-refractivity contribution in [2.24, 2.45) is 0 Å². The first-order valence-electron chi connectivity index (χ1n) is 8.31. The number of carbonyl (C=O) groups excluding carboxylic acids is 1. The first-order chi connectivity index (χ1) is 11.7. The molecule has 0 aliphatic carbocycles. The van der Waals surface area contributed by atoms with Crippen LogP contribution in [0, 0.1) is 0 Å². The van der Waals surface area contributed by atoms with Crippen LogP contribution < -0.4 is 4.90 Å². The molecule has 1 aromatic carbocycles. The predicted molar refractivity (Wildman–Crippen MR) is 95.7 cm³/mol. The fourth-order valence-electron chi connectivity index (χ4n) is 3.20. The summed E-state index contributed by atoms with van der Waals surface area (Å²) in [5, 5.41) is 11.4. The van der Waals surface area contributed by atoms with Gasteiger partial charge in [-0.1, -0.05) is 30.7 Å². The quantitative estimate of drug-likeness (QED) is 0.771. The highest BCUT2D eigenvalue weighted by Gasteiger charge is 2.35. The minimum atomic E-state index is -0.867. The highest BCUT2D eigenvalue weighted by molar-refractivity contribution is 7.09. The number of aliphatic carboxylic acids is 1. The number of anilines is 1. The van der Waals surface area contributed by atoms with E-state index in [1.165, 1.54) is 4.88 Å². The Labute approximate surface area is 145 Å². The number of aryl methyl sites for hydroxylation is 1. The van der Waals surface area contributed by atoms with Gasteiger partial charge in [-0.2, -0.15) is 0 Å². The van der Waals surface area contributed by atoms with Gasteiger partial charge in [0.2, 0.25) is 5.91 Å². The van der Waals surface area contributed by atoms with Gasteiger partial charge in [0, 0.05) is 23.5 Å². The molecular weight excluding hydrogens is 322 g/mol. The van der Waals surface area contributed by atoms with Crippen molar-refractivity contribution in [2.75, 3.05) is 11.4 Å². The number of carboxylic acid groups (broad SMARTS) is 1. The predicted octanol–water partition coefficient (Wildman–Crippen LogP) is 4.07. The van der Waals surface area contributed by atoms with Crippen molar-refractivity contribution in [2.45, 2.75) is 38.0 Å². The van der Waals surface area contributed by atoms with E-state index in [1.54, 1.807) is 16.2 Å². The van der Waals surface area contributed by atoms with E-state index in [4.69, 9.17) is 0 Å². The van der Waals surface area contributed by atoms with Gasteiger partial charge in [-0.25, -0.2) is 0 Å². The number of carbonyl (C=O) groups is 2. The minimum Gasteiger partial charge on any atom is -0.481 e. The van der Waals surface area contributed by atoms with Crippen molar-refractivity contribution < 1.29 is 14.7 Å². The molecule has 1 aliphatic rings. The van der Waals surface area contributed by atoms with Crippen LogP contribution in [-0.4, -0.2) is 23.5 Å². The molecule has 1 unspecified atom stereocenters. The zero-order chi connectivity index (χ0) is 16.9. The molecule has 126 valence electrons. The summed E-state index contributed by atoms with van der Waals surface area (Å²) < 4.78 is 0. The van der Waals surface area contributed by atoms with Crippen LogP contribution in [0.4, 0.5) is 5.69 Å². The summed E-state index contributed by atoms with van der Waals surface area (Å²) >= 11 is 1.77. The number of rotatable bonds is 7. The third-order valence-electron chi connectivity index (χ3n) is 4.46. The van der Waals surface area contributed by atoms with Gasteiger partial charge in [-0.3, -0.25) is 9.59 Å². The van der Waals surface area contributed by atoms with E-state index >= 15 is 0 Å². The van der Waals surface area contributed by atoms with E-state index in [0.29, 0.717) is 6.42 Å². The first kappa shape index (κ1) is 16.7. The Morgan fingerprint density at radius 3 is 2.71 bits per heavy atom. The Hall–Kier alpha value is -2.14. The van der Waals surface area contributed by atoms with Gasteiger partial charge in [0.05, 0.1) is 0 Å². The topological polar surface area (TPSA) is 57.6 Å². The average Bonchev–Trinajstić information content (AvgIpc) is 3.21. The van der Waals surface area contributed by atoms with Crippen LogP contribution in [-0.2, 0) is 16.0 Å². The third kappa shape index (κ3) is 3.67. The van der Waals surface area contributed by atoms with E-state index in [9.17, 15) is 14.7 Å². The molecule has 1 amide bonds. The lowest BCUT2D eigenvalue weighted by molar-refractivity contribution is -0.138. The zero-order valence-corrected chi connectivity index (χ0v) is 14.3. The summed E-state index contributed by atoms with van der Waals surface area (Å²) in [5.41, 5.74) is 1.50. The molecule has 1 N–H and O–H groups in total. The molecule has 0 bridgehead atoms. The van der Waals surface area contributed by atoms with Crippen molar-refractivity contribution in [1.82, 2.24) is 0 Å². The van der Waals surface area contributed by atoms with E-state index in [1.807, 2.05) is 24.3 Å². The number of fused-ring (bicyclic) bond motifs is 1. The van der Waals surface area contributed by atoms with Gasteiger partial charge < -0.3 is 10.0 Å². The summed E-state index contributed by atoms with van der Waals surface area (Å²) in [4.78, 5) is 26.9. The zero-order valence-electron chi connectivity index (χ0n) is 13.5. The summed E-state index contributed by atoms with van der Waals surface area (Å²) in [6, 6.07) is 11.5. The van der Waals surface area contributed by atoms with E-state index in [-0.39, 0.29) is 12.5 Å². The molecule has 0 spiro atoms. The molecule has 1 aromatic heterocycles. The summed E-state index contributed by atoms with van der Waals surface area (Å²) in [5.74, 6) is -1.44. The highest BCUT2D eigenvalue weighted by Crippen LogP contribution is 2.36. The number of hydrogen-bond donors (Lipinski definition) is 1. The van der Waals surface area contributed by atoms with Crippen LogP contribution in [0.25, 0.3) is 0 Å². The molecule has 0 saturated heterocycles. The number of para-hydroxylation sites is 1. The monoisotopic (exact) mass is 343 g/mol. The molecule has 1 aliphatic heterocycles. The number of benzene rings is 1. The van der Waals surface area contributed by atoms with Crippen LogP contribution in [0.15, 0.2) is 41.8 Å². The van der Waals surface area contributed by atoms with Crippen LogP contribution in [0.5, 0.6) is 0 Å². The van der Waals surface area contributed by atoms with Gasteiger partial charge in [0.25, 0.3) is 0 Å². The van der Waals surface area contributed by atoms with Gasteiger partial charge >= 0.3 is 5.97 Å². The molecule has 3 rings (SSSR count). The number of hydrogen-bond acceptors (Lipinski definition) is 3. The Balaban J connectivity index is 1.51. The fraction of sp³-hybridized carbons (Fsp3) is 0.368. The minimum absolute atomic E-state index is 0.0299. The fourth-order valence-corrected chi connectivity index (χ4v) is 3.95. The van der Waals surface area contributed by atoms with E-state index in [2.05, 4.69) is 17.5 Å². The Bertz CT molecular complexity index is 711. The van der Waals surface area contributed by atoms with Crippen LogP contribution in [0.1, 0.15) is 42.0 Å². The maximum Gasteiger partial charge on any atom is 0.312 e. The van der Waals surface area contributed by atoms with Crippen LogP contribution in [0.2, 0.25) is 0 Å². The molecule has 1 atom stereocenters. The van der Waals surface area contributed by atoms with Crippen LogP contribution in [0.3, 0.4) is 0 Å². The molecule has 4 nitrogen and oxygen atoms in total. The van der Waals surface area contributed by atoms with Crippen molar-refractivity contribution in [3.8, 4) is 0 Å². The average molecular weight is 343 g/mol. The first-order valence-corrected chi connectivity index (χ1v) is 9.19. The van der Waals surface area contributed by atoms with Gasteiger partial charge in [0.1, 0.15) is 5.92 Å². The van der Waals surface area contributed by atoms with Crippen LogP contribution >= 0.6 is 11.3 Å². The molecule has 2 heterocycles. The largest absolute Gasteiger partial charge is 0.481 e. The lowest BCUT2D eigenvalue weighted by Gasteiger charge is -2.17. The van der Waals surface area contributed by atoms with Crippen molar-refractivity contribution in [1.29, 1.82) is 0 Å². The second-order valence-electron chi connectivity index (χ2n) is 6.09.